The van der Waals surface area contributed by atoms with Gasteiger partial charge in [-0.15, -0.1) is 11.3 Å². The molecule has 0 aliphatic heterocycles. The van der Waals surface area contributed by atoms with Crippen molar-refractivity contribution in [3.05, 3.63) is 43.4 Å². The zero-order chi connectivity index (χ0) is 11.7. The third kappa shape index (κ3) is 2.35. The summed E-state index contributed by atoms with van der Waals surface area (Å²) in [7, 11) is 1.91. The van der Waals surface area contributed by atoms with Crippen molar-refractivity contribution in [1.82, 2.24) is 5.32 Å². The van der Waals surface area contributed by atoms with E-state index in [1.165, 1.54) is 0 Å². The highest BCUT2D eigenvalue weighted by Crippen LogP contribution is 2.34. The van der Waals surface area contributed by atoms with E-state index in [-0.39, 0.29) is 6.04 Å². The second-order valence-electron chi connectivity index (χ2n) is 3.47. The third-order valence-electron chi connectivity index (χ3n) is 2.33. The van der Waals surface area contributed by atoms with Gasteiger partial charge in [-0.3, -0.25) is 0 Å². The van der Waals surface area contributed by atoms with E-state index < -0.39 is 0 Å². The van der Waals surface area contributed by atoms with Gasteiger partial charge >= 0.3 is 0 Å². The Kier molecular flexibility index (Phi) is 3.74. The molecule has 1 N–H and O–H groups in total. The summed E-state index contributed by atoms with van der Waals surface area (Å²) >= 11 is 11.0. The number of furan rings is 1. The van der Waals surface area contributed by atoms with Gasteiger partial charge in [0.1, 0.15) is 11.8 Å². The van der Waals surface area contributed by atoms with Gasteiger partial charge < -0.3 is 9.73 Å². The Morgan fingerprint density at radius 1 is 1.50 bits per heavy atom. The van der Waals surface area contributed by atoms with Gasteiger partial charge in [0.25, 0.3) is 0 Å². The van der Waals surface area contributed by atoms with E-state index in [9.17, 15) is 0 Å². The van der Waals surface area contributed by atoms with Crippen LogP contribution in [0, 0.1) is 6.92 Å². The molecular formula is C11H11BrClNOS. The number of hydrogen-bond donors (Lipinski definition) is 1. The van der Waals surface area contributed by atoms with Gasteiger partial charge in [0.15, 0.2) is 4.67 Å². The fourth-order valence-electron chi connectivity index (χ4n) is 1.53. The maximum atomic E-state index is 6.07. The Morgan fingerprint density at radius 3 is 2.69 bits per heavy atom. The van der Waals surface area contributed by atoms with Crippen molar-refractivity contribution in [2.24, 2.45) is 0 Å². The molecule has 86 valence electrons. The molecule has 2 aromatic rings. The standard InChI is InChI=1S/C11H11BrClNOS/c1-6-5-8(16-11(6)13)10(14-2)7-3-4-9(12)15-7/h3-5,10,14H,1-2H3. The summed E-state index contributed by atoms with van der Waals surface area (Å²) < 4.78 is 7.13. The van der Waals surface area contributed by atoms with E-state index in [4.69, 9.17) is 16.0 Å². The lowest BCUT2D eigenvalue weighted by molar-refractivity contribution is 0.449. The highest BCUT2D eigenvalue weighted by molar-refractivity contribution is 9.10. The molecule has 0 aromatic carbocycles. The molecule has 2 aromatic heterocycles. The van der Waals surface area contributed by atoms with Crippen LogP contribution >= 0.6 is 38.9 Å². The molecule has 2 rings (SSSR count). The first-order valence-corrected chi connectivity index (χ1v) is 6.79. The molecule has 0 fully saturated rings. The summed E-state index contributed by atoms with van der Waals surface area (Å²) in [6.07, 6.45) is 0. The molecule has 0 spiro atoms. The van der Waals surface area contributed by atoms with Crippen molar-refractivity contribution in [2.45, 2.75) is 13.0 Å². The third-order valence-corrected chi connectivity index (χ3v) is 4.37. The van der Waals surface area contributed by atoms with Crippen LogP contribution in [0.2, 0.25) is 4.34 Å². The van der Waals surface area contributed by atoms with Crippen molar-refractivity contribution in [3.8, 4) is 0 Å². The van der Waals surface area contributed by atoms with Crippen LogP contribution in [-0.4, -0.2) is 7.05 Å². The lowest BCUT2D eigenvalue weighted by atomic mass is 10.2. The van der Waals surface area contributed by atoms with Gasteiger partial charge in [-0.1, -0.05) is 11.6 Å². The van der Waals surface area contributed by atoms with E-state index in [1.807, 2.05) is 26.1 Å². The first-order chi connectivity index (χ1) is 7.61. The smallest absolute Gasteiger partial charge is 0.169 e. The summed E-state index contributed by atoms with van der Waals surface area (Å²) in [6, 6.07) is 5.99. The largest absolute Gasteiger partial charge is 0.452 e. The maximum absolute atomic E-state index is 6.07. The van der Waals surface area contributed by atoms with Crippen LogP contribution in [-0.2, 0) is 0 Å². The molecule has 0 saturated carbocycles. The van der Waals surface area contributed by atoms with E-state index in [0.717, 1.165) is 25.2 Å². The van der Waals surface area contributed by atoms with Gasteiger partial charge in [-0.05, 0) is 53.7 Å². The average Bonchev–Trinajstić information content (AvgIpc) is 2.77. The highest BCUT2D eigenvalue weighted by Gasteiger charge is 2.18. The number of thiophene rings is 1. The van der Waals surface area contributed by atoms with Crippen LogP contribution in [0.25, 0.3) is 0 Å². The minimum absolute atomic E-state index is 0.0579. The van der Waals surface area contributed by atoms with Gasteiger partial charge in [-0.25, -0.2) is 0 Å². The lowest BCUT2D eigenvalue weighted by Gasteiger charge is -2.10. The Labute approximate surface area is 112 Å². The molecule has 16 heavy (non-hydrogen) atoms. The van der Waals surface area contributed by atoms with Gasteiger partial charge in [-0.2, -0.15) is 0 Å². The summed E-state index contributed by atoms with van der Waals surface area (Å²) in [5.41, 5.74) is 1.10. The second-order valence-corrected chi connectivity index (χ2v) is 5.94. The molecule has 0 radical (unpaired) electrons. The van der Waals surface area contributed by atoms with Gasteiger partial charge in [0, 0.05) is 4.88 Å². The van der Waals surface area contributed by atoms with Crippen LogP contribution in [0.15, 0.2) is 27.3 Å². The monoisotopic (exact) mass is 319 g/mol. The summed E-state index contributed by atoms with van der Waals surface area (Å²) in [5.74, 6) is 0.882. The first kappa shape index (κ1) is 12.2. The summed E-state index contributed by atoms with van der Waals surface area (Å²) in [6.45, 7) is 2.01. The van der Waals surface area contributed by atoms with Crippen LogP contribution in [0.3, 0.4) is 0 Å². The topological polar surface area (TPSA) is 25.2 Å². The van der Waals surface area contributed by atoms with Crippen LogP contribution in [0.1, 0.15) is 22.2 Å². The van der Waals surface area contributed by atoms with Crippen molar-refractivity contribution in [1.29, 1.82) is 0 Å². The minimum atomic E-state index is 0.0579. The second kappa shape index (κ2) is 4.92. The minimum Gasteiger partial charge on any atom is -0.452 e. The number of nitrogens with one attached hydrogen (secondary N) is 1. The number of rotatable bonds is 3. The molecule has 0 aliphatic carbocycles. The average molecular weight is 321 g/mol. The summed E-state index contributed by atoms with van der Waals surface area (Å²) in [5, 5.41) is 3.23. The Bertz CT molecular complexity index is 474. The molecule has 1 atom stereocenters. The predicted molar refractivity (Wildman–Crippen MR) is 71.4 cm³/mol. The lowest BCUT2D eigenvalue weighted by Crippen LogP contribution is -2.15. The number of halogens is 2. The van der Waals surface area contributed by atoms with Crippen molar-refractivity contribution < 1.29 is 4.42 Å². The van der Waals surface area contributed by atoms with Crippen LogP contribution in [0.4, 0.5) is 0 Å². The van der Waals surface area contributed by atoms with Crippen molar-refractivity contribution >= 4 is 38.9 Å². The molecule has 5 heteroatoms. The maximum Gasteiger partial charge on any atom is 0.169 e. The quantitative estimate of drug-likeness (QED) is 0.908. The molecule has 0 aliphatic rings. The molecule has 2 heterocycles. The van der Waals surface area contributed by atoms with E-state index in [1.54, 1.807) is 11.3 Å². The number of aryl methyl sites for hydroxylation is 1. The predicted octanol–water partition coefficient (Wildman–Crippen LogP) is 4.37. The summed E-state index contributed by atoms with van der Waals surface area (Å²) in [4.78, 5) is 1.16. The van der Waals surface area contributed by atoms with Crippen molar-refractivity contribution in [2.75, 3.05) is 7.05 Å². The Balaban J connectivity index is 2.36. The normalized spacial score (nSPS) is 13.0. The molecular weight excluding hydrogens is 310 g/mol. The molecule has 0 amide bonds. The SMILES string of the molecule is CNC(c1ccc(Br)o1)c1cc(C)c(Cl)s1. The zero-order valence-electron chi connectivity index (χ0n) is 8.88. The fraction of sp³-hybridized carbons (Fsp3) is 0.273. The molecule has 1 unspecified atom stereocenters. The Hall–Kier alpha value is -0.290. The molecule has 0 saturated heterocycles. The Morgan fingerprint density at radius 2 is 2.25 bits per heavy atom. The van der Waals surface area contributed by atoms with Crippen LogP contribution in [0.5, 0.6) is 0 Å². The highest BCUT2D eigenvalue weighted by atomic mass is 79.9. The fourth-order valence-corrected chi connectivity index (χ4v) is 3.19. The zero-order valence-corrected chi connectivity index (χ0v) is 12.0. The molecule has 0 bridgehead atoms. The molecule has 2 nitrogen and oxygen atoms in total. The van der Waals surface area contributed by atoms with E-state index >= 15 is 0 Å². The van der Waals surface area contributed by atoms with Crippen LogP contribution < -0.4 is 5.32 Å². The van der Waals surface area contributed by atoms with E-state index in [0.29, 0.717) is 0 Å². The van der Waals surface area contributed by atoms with Crippen molar-refractivity contribution in [3.63, 3.8) is 0 Å². The van der Waals surface area contributed by atoms with Gasteiger partial charge in [0.2, 0.25) is 0 Å². The first-order valence-electron chi connectivity index (χ1n) is 4.80. The van der Waals surface area contributed by atoms with Gasteiger partial charge in [0.05, 0.1) is 4.34 Å². The van der Waals surface area contributed by atoms with E-state index in [2.05, 4.69) is 27.3 Å². The number of hydrogen-bond acceptors (Lipinski definition) is 3.